The van der Waals surface area contributed by atoms with Gasteiger partial charge in [0.2, 0.25) is 0 Å². The first-order valence-corrected chi connectivity index (χ1v) is 9.24. The number of hydrogen-bond acceptors (Lipinski definition) is 5. The molecule has 0 heterocycles. The summed E-state index contributed by atoms with van der Waals surface area (Å²) in [5.41, 5.74) is 1.74. The van der Waals surface area contributed by atoms with Gasteiger partial charge in [0.1, 0.15) is 24.0 Å². The van der Waals surface area contributed by atoms with Crippen LogP contribution in [0.3, 0.4) is 0 Å². The largest absolute Gasteiger partial charge is 0.495 e. The molecule has 0 aliphatic rings. The fourth-order valence-corrected chi connectivity index (χ4v) is 2.98. The third kappa shape index (κ3) is 5.54. The molecule has 0 saturated heterocycles. The van der Waals surface area contributed by atoms with Gasteiger partial charge in [0, 0.05) is 10.0 Å². The highest BCUT2D eigenvalue weighted by Crippen LogP contribution is 2.36. The second-order valence-corrected chi connectivity index (χ2v) is 6.76. The minimum atomic E-state index is -0.585. The Morgan fingerprint density at radius 1 is 1.24 bits per heavy atom. The number of halogens is 1. The molecule has 0 unspecified atom stereocenters. The molecule has 6 nitrogen and oxygen atoms in total. The molecular weight excluding hydrogens is 436 g/mol. The van der Waals surface area contributed by atoms with Crippen LogP contribution in [-0.4, -0.2) is 26.7 Å². The number of nitriles is 1. The van der Waals surface area contributed by atoms with Crippen molar-refractivity contribution in [3.8, 4) is 35.7 Å². The van der Waals surface area contributed by atoms with Crippen molar-refractivity contribution < 1.29 is 19.0 Å². The number of nitrogens with zero attached hydrogens (tertiary/aromatic N) is 1. The fraction of sp³-hybridized carbons (Fsp3) is 0.182. The molecule has 1 amide bonds. The van der Waals surface area contributed by atoms with Gasteiger partial charge >= 0.3 is 0 Å². The highest BCUT2D eigenvalue weighted by Gasteiger charge is 2.16. The Hall–Kier alpha value is -3.42. The number of hydrogen-bond donors (Lipinski definition) is 1. The van der Waals surface area contributed by atoms with Crippen LogP contribution in [0.25, 0.3) is 6.08 Å². The Kier molecular flexibility index (Phi) is 7.70. The van der Waals surface area contributed by atoms with Crippen LogP contribution in [0.5, 0.6) is 17.2 Å². The smallest absolute Gasteiger partial charge is 0.266 e. The summed E-state index contributed by atoms with van der Waals surface area (Å²) in [6.07, 6.45) is 6.69. The lowest BCUT2D eigenvalue weighted by Gasteiger charge is -2.13. The second kappa shape index (κ2) is 10.2. The molecule has 2 aromatic carbocycles. The standard InChI is InChI=1S/C22H19BrN2O4/c1-5-8-29-21-15(11-17(23)12-20(21)28-4)10-16(13-24)22(26)25-18-9-14(2)6-7-19(18)27-3/h1,6-7,9-12H,8H2,2-4H3,(H,25,26)/b16-10+. The molecule has 2 rings (SSSR count). The van der Waals surface area contributed by atoms with Crippen molar-refractivity contribution in [2.75, 3.05) is 26.1 Å². The van der Waals surface area contributed by atoms with E-state index in [1.165, 1.54) is 20.3 Å². The lowest BCUT2D eigenvalue weighted by molar-refractivity contribution is -0.112. The summed E-state index contributed by atoms with van der Waals surface area (Å²) < 4.78 is 16.8. The Morgan fingerprint density at radius 2 is 1.97 bits per heavy atom. The number of amides is 1. The van der Waals surface area contributed by atoms with E-state index in [-0.39, 0.29) is 12.2 Å². The molecule has 0 atom stereocenters. The topological polar surface area (TPSA) is 80.6 Å². The summed E-state index contributed by atoms with van der Waals surface area (Å²) in [4.78, 5) is 12.7. The van der Waals surface area contributed by atoms with E-state index >= 15 is 0 Å². The van der Waals surface area contributed by atoms with Crippen molar-refractivity contribution in [3.05, 3.63) is 51.5 Å². The summed E-state index contributed by atoms with van der Waals surface area (Å²) in [6, 6.07) is 10.7. The number of benzene rings is 2. The maximum atomic E-state index is 12.7. The van der Waals surface area contributed by atoms with Gasteiger partial charge in [-0.25, -0.2) is 0 Å². The minimum absolute atomic E-state index is 0.00735. The van der Waals surface area contributed by atoms with E-state index in [9.17, 15) is 10.1 Å². The summed E-state index contributed by atoms with van der Waals surface area (Å²) in [5, 5.41) is 12.3. The molecule has 0 fully saturated rings. The number of carbonyl (C=O) groups is 1. The number of nitrogens with one attached hydrogen (secondary N) is 1. The van der Waals surface area contributed by atoms with Crippen molar-refractivity contribution in [2.45, 2.75) is 6.92 Å². The van der Waals surface area contributed by atoms with Gasteiger partial charge in [0.05, 0.1) is 19.9 Å². The van der Waals surface area contributed by atoms with Gasteiger partial charge in [0.15, 0.2) is 11.5 Å². The molecule has 7 heteroatoms. The Labute approximate surface area is 178 Å². The first-order chi connectivity index (χ1) is 13.9. The molecule has 1 N–H and O–H groups in total. The van der Waals surface area contributed by atoms with Crippen LogP contribution in [0.4, 0.5) is 5.69 Å². The molecule has 0 aromatic heterocycles. The van der Waals surface area contributed by atoms with Crippen LogP contribution in [0.15, 0.2) is 40.4 Å². The van der Waals surface area contributed by atoms with E-state index in [0.717, 1.165) is 5.56 Å². The first kappa shape index (κ1) is 21.9. The van der Waals surface area contributed by atoms with Crippen molar-refractivity contribution in [2.24, 2.45) is 0 Å². The first-order valence-electron chi connectivity index (χ1n) is 8.45. The summed E-state index contributed by atoms with van der Waals surface area (Å²) in [7, 11) is 2.99. The lowest BCUT2D eigenvalue weighted by atomic mass is 10.1. The average molecular weight is 455 g/mol. The molecule has 2 aromatic rings. The number of carbonyl (C=O) groups excluding carboxylic acids is 1. The lowest BCUT2D eigenvalue weighted by Crippen LogP contribution is -2.14. The molecule has 0 bridgehead atoms. The number of rotatable bonds is 7. The van der Waals surface area contributed by atoms with Crippen LogP contribution >= 0.6 is 15.9 Å². The fourth-order valence-electron chi connectivity index (χ4n) is 2.53. The summed E-state index contributed by atoms with van der Waals surface area (Å²) in [6.45, 7) is 1.90. The van der Waals surface area contributed by atoms with E-state index in [4.69, 9.17) is 20.6 Å². The third-order valence-electron chi connectivity index (χ3n) is 3.84. The zero-order valence-electron chi connectivity index (χ0n) is 16.2. The molecule has 148 valence electrons. The van der Waals surface area contributed by atoms with Crippen LogP contribution in [0, 0.1) is 30.6 Å². The summed E-state index contributed by atoms with van der Waals surface area (Å²) >= 11 is 3.38. The molecule has 0 aliphatic heterocycles. The van der Waals surface area contributed by atoms with E-state index in [1.54, 1.807) is 24.3 Å². The van der Waals surface area contributed by atoms with Gasteiger partial charge in [-0.3, -0.25) is 4.79 Å². The molecule has 0 saturated carbocycles. The number of methoxy groups -OCH3 is 2. The number of anilines is 1. The normalized spacial score (nSPS) is 10.5. The predicted octanol–water partition coefficient (Wildman–Crippen LogP) is 4.33. The number of ether oxygens (including phenoxy) is 3. The summed E-state index contributed by atoms with van der Waals surface area (Å²) in [5.74, 6) is 3.04. The van der Waals surface area contributed by atoms with Crippen molar-refractivity contribution in [3.63, 3.8) is 0 Å². The number of terminal acetylenes is 1. The zero-order chi connectivity index (χ0) is 21.4. The minimum Gasteiger partial charge on any atom is -0.495 e. The van der Waals surface area contributed by atoms with Crippen molar-refractivity contribution in [1.29, 1.82) is 5.26 Å². The quantitative estimate of drug-likeness (QED) is 0.382. The average Bonchev–Trinajstić information content (AvgIpc) is 2.70. The van der Waals surface area contributed by atoms with E-state index in [0.29, 0.717) is 33.0 Å². The Bertz CT molecular complexity index is 1030. The predicted molar refractivity (Wildman–Crippen MR) is 115 cm³/mol. The Morgan fingerprint density at radius 3 is 2.59 bits per heavy atom. The van der Waals surface area contributed by atoms with Crippen LogP contribution in [-0.2, 0) is 4.79 Å². The van der Waals surface area contributed by atoms with Gasteiger partial charge in [-0.05, 0) is 42.8 Å². The maximum Gasteiger partial charge on any atom is 0.266 e. The molecule has 0 spiro atoms. The van der Waals surface area contributed by atoms with Crippen molar-refractivity contribution >= 4 is 33.6 Å². The third-order valence-corrected chi connectivity index (χ3v) is 4.29. The Balaban J connectivity index is 2.45. The van der Waals surface area contributed by atoms with Gasteiger partial charge in [-0.15, -0.1) is 6.42 Å². The van der Waals surface area contributed by atoms with E-state index in [1.807, 2.05) is 19.1 Å². The van der Waals surface area contributed by atoms with Crippen molar-refractivity contribution in [1.82, 2.24) is 0 Å². The van der Waals surface area contributed by atoms with E-state index < -0.39 is 5.91 Å². The number of aryl methyl sites for hydroxylation is 1. The van der Waals surface area contributed by atoms with Gasteiger partial charge < -0.3 is 19.5 Å². The molecule has 29 heavy (non-hydrogen) atoms. The highest BCUT2D eigenvalue weighted by molar-refractivity contribution is 9.10. The molecule has 0 radical (unpaired) electrons. The van der Waals surface area contributed by atoms with Gasteiger partial charge in [-0.2, -0.15) is 5.26 Å². The van der Waals surface area contributed by atoms with Gasteiger partial charge in [0.25, 0.3) is 5.91 Å². The molecule has 0 aliphatic carbocycles. The maximum absolute atomic E-state index is 12.7. The SMILES string of the molecule is C#CCOc1c(/C=C(\C#N)C(=O)Nc2cc(C)ccc2OC)cc(Br)cc1OC. The second-order valence-electron chi connectivity index (χ2n) is 5.85. The van der Waals surface area contributed by atoms with Gasteiger partial charge in [-0.1, -0.05) is 27.9 Å². The monoisotopic (exact) mass is 454 g/mol. The zero-order valence-corrected chi connectivity index (χ0v) is 17.8. The highest BCUT2D eigenvalue weighted by atomic mass is 79.9. The van der Waals surface area contributed by atoms with Crippen LogP contribution < -0.4 is 19.5 Å². The van der Waals surface area contributed by atoms with E-state index in [2.05, 4.69) is 27.2 Å². The van der Waals surface area contributed by atoms with Crippen LogP contribution in [0.2, 0.25) is 0 Å². The molecular formula is C22H19BrN2O4. The van der Waals surface area contributed by atoms with Crippen LogP contribution in [0.1, 0.15) is 11.1 Å².